The van der Waals surface area contributed by atoms with Gasteiger partial charge in [0.05, 0.1) is 0 Å². The van der Waals surface area contributed by atoms with Crippen LogP contribution in [-0.4, -0.2) is 5.97 Å². The third-order valence-corrected chi connectivity index (χ3v) is 1.78. The summed E-state index contributed by atoms with van der Waals surface area (Å²) < 4.78 is 0. The molecule has 0 atom stereocenters. The number of halogens is 1. The molecule has 0 spiro atoms. The van der Waals surface area contributed by atoms with Gasteiger partial charge in [-0.05, 0) is 30.5 Å². The molecule has 0 saturated heterocycles. The molecular weight excluding hydrogens is 176 g/mol. The highest BCUT2D eigenvalue weighted by atomic mass is 35.5. The van der Waals surface area contributed by atoms with E-state index in [9.17, 15) is 9.90 Å². The van der Waals surface area contributed by atoms with Crippen molar-refractivity contribution in [1.82, 2.24) is 0 Å². The van der Waals surface area contributed by atoms with Crippen LogP contribution in [0.5, 0.6) is 0 Å². The molecule has 1 aromatic carbocycles. The summed E-state index contributed by atoms with van der Waals surface area (Å²) in [6.45, 7) is 0. The first-order valence-electron chi connectivity index (χ1n) is 3.63. The van der Waals surface area contributed by atoms with Crippen molar-refractivity contribution in [3.05, 3.63) is 34.9 Å². The van der Waals surface area contributed by atoms with Gasteiger partial charge in [-0.15, -0.1) is 0 Å². The number of carboxylic acid groups (broad SMARTS) is 1. The van der Waals surface area contributed by atoms with Gasteiger partial charge in [0.2, 0.25) is 0 Å². The van der Waals surface area contributed by atoms with Gasteiger partial charge in [0.25, 0.3) is 0 Å². The fraction of sp³-hybridized carbons (Fsp3) is 0.222. The molecule has 0 heterocycles. The third kappa shape index (κ3) is 2.93. The Labute approximate surface area is 75.8 Å². The van der Waals surface area contributed by atoms with Gasteiger partial charge in [-0.1, -0.05) is 23.7 Å². The molecule has 0 bridgehead atoms. The molecule has 64 valence electrons. The zero-order valence-electron chi connectivity index (χ0n) is 6.42. The van der Waals surface area contributed by atoms with Gasteiger partial charge in [-0.25, -0.2) is 0 Å². The Morgan fingerprint density at radius 1 is 1.33 bits per heavy atom. The highest BCUT2D eigenvalue weighted by Crippen LogP contribution is 2.10. The smallest absolute Gasteiger partial charge is 0.0417 e. The van der Waals surface area contributed by atoms with Crippen LogP contribution in [0, 0.1) is 0 Å². The Bertz CT molecular complexity index is 266. The van der Waals surface area contributed by atoms with Crippen molar-refractivity contribution in [3.8, 4) is 0 Å². The monoisotopic (exact) mass is 183 g/mol. The van der Waals surface area contributed by atoms with E-state index in [4.69, 9.17) is 11.6 Å². The predicted octanol–water partition coefficient (Wildman–Crippen LogP) is 1.02. The number of carbonyl (C=O) groups excluding carboxylic acids is 1. The molecule has 0 aliphatic carbocycles. The van der Waals surface area contributed by atoms with Crippen molar-refractivity contribution in [2.75, 3.05) is 0 Å². The molecule has 0 unspecified atom stereocenters. The first-order chi connectivity index (χ1) is 5.68. The van der Waals surface area contributed by atoms with Crippen molar-refractivity contribution in [3.63, 3.8) is 0 Å². The summed E-state index contributed by atoms with van der Waals surface area (Å²) in [6, 6.07) is 7.11. The largest absolute Gasteiger partial charge is 0.550 e. The number of carbonyl (C=O) groups is 1. The molecule has 2 nitrogen and oxygen atoms in total. The Balaban J connectivity index is 2.53. The van der Waals surface area contributed by atoms with Crippen LogP contribution >= 0.6 is 11.6 Å². The minimum atomic E-state index is -1.02. The van der Waals surface area contributed by atoms with Crippen LogP contribution in [0.3, 0.4) is 0 Å². The fourth-order valence-corrected chi connectivity index (χ4v) is 1.02. The van der Waals surface area contributed by atoms with Gasteiger partial charge in [0.15, 0.2) is 0 Å². The van der Waals surface area contributed by atoms with Gasteiger partial charge in [-0.2, -0.15) is 0 Å². The molecule has 0 aromatic heterocycles. The second-order valence-corrected chi connectivity index (χ2v) is 2.93. The van der Waals surface area contributed by atoms with Gasteiger partial charge < -0.3 is 9.90 Å². The molecule has 0 aliphatic rings. The number of hydrogen-bond acceptors (Lipinski definition) is 2. The van der Waals surface area contributed by atoms with E-state index < -0.39 is 5.97 Å². The van der Waals surface area contributed by atoms with E-state index in [0.717, 1.165) is 5.56 Å². The van der Waals surface area contributed by atoms with E-state index in [1.165, 1.54) is 0 Å². The molecule has 0 aliphatic heterocycles. The van der Waals surface area contributed by atoms with Crippen LogP contribution in [0.4, 0.5) is 0 Å². The van der Waals surface area contributed by atoms with Gasteiger partial charge in [-0.3, -0.25) is 0 Å². The normalized spacial score (nSPS) is 9.75. The first kappa shape index (κ1) is 9.07. The minimum absolute atomic E-state index is 0.0572. The number of aryl methyl sites for hydroxylation is 1. The first-order valence-corrected chi connectivity index (χ1v) is 4.00. The lowest BCUT2D eigenvalue weighted by atomic mass is 10.1. The standard InChI is InChI=1S/C9H9ClO2/c10-8-4-1-7(2-5-8)3-6-9(11)12/h1-2,4-5H,3,6H2,(H,11,12)/p-1. The summed E-state index contributed by atoms with van der Waals surface area (Å²) >= 11 is 5.65. The Hall–Kier alpha value is -1.02. The molecule has 0 saturated carbocycles. The Kier molecular flexibility index (Phi) is 3.11. The molecule has 1 rings (SSSR count). The second-order valence-electron chi connectivity index (χ2n) is 2.50. The maximum atomic E-state index is 10.1. The lowest BCUT2D eigenvalue weighted by molar-refractivity contribution is -0.305. The van der Waals surface area contributed by atoms with E-state index >= 15 is 0 Å². The highest BCUT2D eigenvalue weighted by molar-refractivity contribution is 6.30. The number of aliphatic carboxylic acids is 1. The molecular formula is C9H8ClO2-. The molecule has 12 heavy (non-hydrogen) atoms. The summed E-state index contributed by atoms with van der Waals surface area (Å²) in [7, 11) is 0. The van der Waals surface area contributed by atoms with Crippen molar-refractivity contribution in [2.45, 2.75) is 12.8 Å². The summed E-state index contributed by atoms with van der Waals surface area (Å²) in [4.78, 5) is 10.1. The highest BCUT2D eigenvalue weighted by Gasteiger charge is 1.92. The van der Waals surface area contributed by atoms with E-state index in [0.29, 0.717) is 11.4 Å². The number of benzene rings is 1. The van der Waals surface area contributed by atoms with Gasteiger partial charge >= 0.3 is 0 Å². The molecule has 0 fully saturated rings. The van der Waals surface area contributed by atoms with Crippen LogP contribution in [0.25, 0.3) is 0 Å². The number of rotatable bonds is 3. The lowest BCUT2D eigenvalue weighted by Gasteiger charge is -2.01. The number of hydrogen-bond donors (Lipinski definition) is 0. The van der Waals surface area contributed by atoms with Crippen LogP contribution < -0.4 is 5.11 Å². The third-order valence-electron chi connectivity index (χ3n) is 1.53. The SMILES string of the molecule is O=C([O-])CCc1ccc(Cl)cc1. The topological polar surface area (TPSA) is 40.1 Å². The van der Waals surface area contributed by atoms with Gasteiger partial charge in [0, 0.05) is 11.0 Å². The Morgan fingerprint density at radius 2 is 1.92 bits per heavy atom. The summed E-state index contributed by atoms with van der Waals surface area (Å²) in [5.41, 5.74) is 0.962. The zero-order chi connectivity index (χ0) is 8.97. The van der Waals surface area contributed by atoms with Crippen LogP contribution in [0.1, 0.15) is 12.0 Å². The van der Waals surface area contributed by atoms with Crippen molar-refractivity contribution in [1.29, 1.82) is 0 Å². The van der Waals surface area contributed by atoms with Crippen molar-refractivity contribution >= 4 is 17.6 Å². The Morgan fingerprint density at radius 3 is 2.42 bits per heavy atom. The molecule has 1 aromatic rings. The second kappa shape index (κ2) is 4.12. The minimum Gasteiger partial charge on any atom is -0.550 e. The van der Waals surface area contributed by atoms with Crippen LogP contribution in [0.2, 0.25) is 5.02 Å². The average Bonchev–Trinajstić information content (AvgIpc) is 2.03. The van der Waals surface area contributed by atoms with Crippen molar-refractivity contribution < 1.29 is 9.90 Å². The van der Waals surface area contributed by atoms with Gasteiger partial charge in [0.1, 0.15) is 0 Å². The van der Waals surface area contributed by atoms with E-state index in [-0.39, 0.29) is 6.42 Å². The van der Waals surface area contributed by atoms with Crippen LogP contribution in [0.15, 0.2) is 24.3 Å². The molecule has 0 radical (unpaired) electrons. The van der Waals surface area contributed by atoms with E-state index in [1.54, 1.807) is 12.1 Å². The summed E-state index contributed by atoms with van der Waals surface area (Å²) in [6.07, 6.45) is 0.557. The molecule has 3 heteroatoms. The zero-order valence-corrected chi connectivity index (χ0v) is 7.17. The average molecular weight is 184 g/mol. The lowest BCUT2D eigenvalue weighted by Crippen LogP contribution is -2.22. The van der Waals surface area contributed by atoms with E-state index in [2.05, 4.69) is 0 Å². The number of carboxylic acids is 1. The summed E-state index contributed by atoms with van der Waals surface area (Å²) in [5.74, 6) is -1.02. The maximum absolute atomic E-state index is 10.1. The predicted molar refractivity (Wildman–Crippen MR) is 44.8 cm³/mol. The molecule has 0 N–H and O–H groups in total. The van der Waals surface area contributed by atoms with Crippen molar-refractivity contribution in [2.24, 2.45) is 0 Å². The van der Waals surface area contributed by atoms with E-state index in [1.807, 2.05) is 12.1 Å². The molecule has 0 amide bonds. The maximum Gasteiger partial charge on any atom is 0.0417 e. The summed E-state index contributed by atoms with van der Waals surface area (Å²) in [5, 5.41) is 10.8. The fourth-order valence-electron chi connectivity index (χ4n) is 0.897. The quantitative estimate of drug-likeness (QED) is 0.702. The van der Waals surface area contributed by atoms with Crippen LogP contribution in [-0.2, 0) is 11.2 Å².